The van der Waals surface area contributed by atoms with E-state index in [2.05, 4.69) is 11.2 Å². The topological polar surface area (TPSA) is 80.9 Å². The van der Waals surface area contributed by atoms with Crippen LogP contribution in [-0.2, 0) is 19.1 Å². The summed E-state index contributed by atoms with van der Waals surface area (Å²) in [6, 6.07) is 9.13. The zero-order valence-corrected chi connectivity index (χ0v) is 12.0. The van der Waals surface area contributed by atoms with Gasteiger partial charge in [-0.05, 0) is 12.1 Å². The van der Waals surface area contributed by atoms with Crippen molar-refractivity contribution in [3.8, 4) is 6.07 Å². The number of nitriles is 1. The van der Waals surface area contributed by atoms with E-state index < -0.39 is 11.8 Å². The minimum absolute atomic E-state index is 0.324. The number of hydrogen-bond donors (Lipinski definition) is 0. The first-order valence-electron chi connectivity index (χ1n) is 6.53. The molecule has 0 saturated heterocycles. The molecule has 1 atom stereocenters. The molecule has 0 N–H and O–H groups in total. The van der Waals surface area contributed by atoms with Crippen LogP contribution in [0.3, 0.4) is 0 Å². The largest absolute Gasteiger partial charge is 0.420 e. The van der Waals surface area contributed by atoms with E-state index in [1.807, 2.05) is 6.07 Å². The number of methoxy groups -OCH3 is 1. The highest BCUT2D eigenvalue weighted by Gasteiger charge is 2.42. The molecule has 1 unspecified atom stereocenters. The van der Waals surface area contributed by atoms with E-state index in [4.69, 9.17) is 19.6 Å². The van der Waals surface area contributed by atoms with Crippen molar-refractivity contribution in [3.63, 3.8) is 0 Å². The van der Waals surface area contributed by atoms with Crippen molar-refractivity contribution in [2.75, 3.05) is 13.7 Å². The van der Waals surface area contributed by atoms with Crippen molar-refractivity contribution >= 4 is 11.7 Å². The number of esters is 1. The van der Waals surface area contributed by atoms with Gasteiger partial charge in [0.1, 0.15) is 0 Å². The van der Waals surface area contributed by atoms with Crippen molar-refractivity contribution < 1.29 is 19.1 Å². The van der Waals surface area contributed by atoms with Gasteiger partial charge in [0.2, 0.25) is 0 Å². The molecule has 1 aromatic rings. The highest BCUT2D eigenvalue weighted by molar-refractivity contribution is 6.01. The van der Waals surface area contributed by atoms with E-state index >= 15 is 0 Å². The van der Waals surface area contributed by atoms with Crippen LogP contribution < -0.4 is 0 Å². The molecule has 0 radical (unpaired) electrons. The minimum atomic E-state index is -1.13. The van der Waals surface area contributed by atoms with Crippen LogP contribution in [0.4, 0.5) is 0 Å². The number of benzene rings is 1. The van der Waals surface area contributed by atoms with Crippen molar-refractivity contribution in [3.05, 3.63) is 35.4 Å². The summed E-state index contributed by atoms with van der Waals surface area (Å²) >= 11 is 0. The number of carbonyl (C=O) groups is 1. The van der Waals surface area contributed by atoms with Gasteiger partial charge in [-0.15, -0.1) is 0 Å². The van der Waals surface area contributed by atoms with Crippen molar-refractivity contribution in [2.24, 2.45) is 5.16 Å². The first-order chi connectivity index (χ1) is 10.1. The van der Waals surface area contributed by atoms with Crippen molar-refractivity contribution in [1.82, 2.24) is 0 Å². The number of oxime groups is 1. The summed E-state index contributed by atoms with van der Waals surface area (Å²) in [6.07, 6.45) is 0.707. The van der Waals surface area contributed by atoms with Gasteiger partial charge < -0.3 is 14.3 Å². The second-order valence-corrected chi connectivity index (χ2v) is 4.75. The molecule has 2 rings (SSSR count). The summed E-state index contributed by atoms with van der Waals surface area (Å²) < 4.78 is 10.3. The molecule has 0 spiro atoms. The molecule has 6 nitrogen and oxygen atoms in total. The number of nitrogens with zero attached hydrogens (tertiary/aromatic N) is 2. The number of ether oxygens (including phenoxy) is 2. The lowest BCUT2D eigenvalue weighted by Crippen LogP contribution is -2.36. The molecule has 110 valence electrons. The molecule has 21 heavy (non-hydrogen) atoms. The van der Waals surface area contributed by atoms with Crippen molar-refractivity contribution in [2.45, 2.75) is 25.6 Å². The number of hydrogen-bond acceptors (Lipinski definition) is 6. The molecule has 1 aliphatic rings. The third-order valence-electron chi connectivity index (χ3n) is 3.10. The van der Waals surface area contributed by atoms with Crippen LogP contribution in [0, 0.1) is 11.3 Å². The van der Waals surface area contributed by atoms with Gasteiger partial charge in [0.05, 0.1) is 36.8 Å². The Morgan fingerprint density at radius 2 is 2.38 bits per heavy atom. The van der Waals surface area contributed by atoms with Gasteiger partial charge in [-0.25, -0.2) is 0 Å². The predicted molar refractivity (Wildman–Crippen MR) is 74.4 cm³/mol. The molecule has 1 aliphatic heterocycles. The number of carbonyl (C=O) groups excluding carboxylic acids is 1. The normalized spacial score (nSPS) is 20.3. The lowest BCUT2D eigenvalue weighted by Gasteiger charge is -2.25. The van der Waals surface area contributed by atoms with E-state index in [1.165, 1.54) is 6.92 Å². The summed E-state index contributed by atoms with van der Waals surface area (Å²) in [5.41, 5.74) is 1.96. The molecule has 0 aliphatic carbocycles. The van der Waals surface area contributed by atoms with E-state index in [-0.39, 0.29) is 0 Å². The van der Waals surface area contributed by atoms with Gasteiger partial charge >= 0.3 is 5.97 Å². The zero-order valence-electron chi connectivity index (χ0n) is 12.0. The summed E-state index contributed by atoms with van der Waals surface area (Å²) in [5, 5.41) is 13.0. The van der Waals surface area contributed by atoms with Crippen LogP contribution in [0.1, 0.15) is 30.9 Å². The Balaban J connectivity index is 2.18. The molecule has 0 aromatic heterocycles. The van der Waals surface area contributed by atoms with Crippen LogP contribution in [0.25, 0.3) is 0 Å². The highest BCUT2D eigenvalue weighted by atomic mass is 16.8. The molecule has 1 aromatic carbocycles. The maximum Gasteiger partial charge on any atom is 0.305 e. The van der Waals surface area contributed by atoms with Crippen molar-refractivity contribution in [1.29, 1.82) is 5.26 Å². The average Bonchev–Trinajstić information content (AvgIpc) is 2.89. The third kappa shape index (κ3) is 3.58. The maximum atomic E-state index is 11.3. The SMILES string of the molecule is COCCC1(OC(C)=O)CC(c2cccc(C#N)c2)=NO1. The molecule has 0 saturated carbocycles. The second-order valence-electron chi connectivity index (χ2n) is 4.75. The summed E-state index contributed by atoms with van der Waals surface area (Å²) in [5.74, 6) is -1.56. The Bertz CT molecular complexity index is 606. The maximum absolute atomic E-state index is 11.3. The Labute approximate surface area is 122 Å². The fourth-order valence-electron chi connectivity index (χ4n) is 2.14. The quantitative estimate of drug-likeness (QED) is 0.774. The van der Waals surface area contributed by atoms with E-state index in [9.17, 15) is 4.79 Å². The van der Waals surface area contributed by atoms with E-state index in [0.29, 0.717) is 30.7 Å². The smallest absolute Gasteiger partial charge is 0.305 e. The second kappa shape index (κ2) is 6.37. The molecular formula is C15H16N2O4. The fourth-order valence-corrected chi connectivity index (χ4v) is 2.14. The van der Waals surface area contributed by atoms with Crippen LogP contribution in [-0.4, -0.2) is 31.2 Å². The van der Waals surface area contributed by atoms with Gasteiger partial charge in [0.25, 0.3) is 5.79 Å². The zero-order chi connectivity index (χ0) is 15.3. The fraction of sp³-hybridized carbons (Fsp3) is 0.400. The summed E-state index contributed by atoms with van der Waals surface area (Å²) in [4.78, 5) is 16.7. The predicted octanol–water partition coefficient (Wildman–Crippen LogP) is 1.98. The van der Waals surface area contributed by atoms with E-state index in [1.54, 1.807) is 25.3 Å². The molecule has 0 bridgehead atoms. The number of rotatable bonds is 5. The molecule has 6 heteroatoms. The Morgan fingerprint density at radius 3 is 3.05 bits per heavy atom. The monoisotopic (exact) mass is 288 g/mol. The van der Waals surface area contributed by atoms with Gasteiger partial charge in [-0.1, -0.05) is 17.3 Å². The lowest BCUT2D eigenvalue weighted by molar-refractivity contribution is -0.225. The average molecular weight is 288 g/mol. The Hall–Kier alpha value is -2.39. The standard InChI is InChI=1S/C15H16N2O4/c1-11(18)20-15(6-7-19-2)9-14(17-21-15)13-5-3-4-12(8-13)10-16/h3-5,8H,6-7,9H2,1-2H3. The van der Waals surface area contributed by atoms with Crippen LogP contribution in [0.15, 0.2) is 29.4 Å². The van der Waals surface area contributed by atoms with Gasteiger partial charge in [-0.2, -0.15) is 5.26 Å². The molecular weight excluding hydrogens is 272 g/mol. The van der Waals surface area contributed by atoms with Crippen LogP contribution in [0.2, 0.25) is 0 Å². The van der Waals surface area contributed by atoms with Gasteiger partial charge in [0, 0.05) is 19.6 Å². The highest BCUT2D eigenvalue weighted by Crippen LogP contribution is 2.31. The van der Waals surface area contributed by atoms with Gasteiger partial charge in [0.15, 0.2) is 0 Å². The lowest BCUT2D eigenvalue weighted by atomic mass is 9.99. The Morgan fingerprint density at radius 1 is 1.57 bits per heavy atom. The first-order valence-corrected chi connectivity index (χ1v) is 6.53. The van der Waals surface area contributed by atoms with E-state index in [0.717, 1.165) is 5.56 Å². The molecule has 0 amide bonds. The first kappa shape index (κ1) is 15.0. The van der Waals surface area contributed by atoms with Gasteiger partial charge in [-0.3, -0.25) is 4.79 Å². The summed E-state index contributed by atoms with van der Waals surface area (Å²) in [7, 11) is 1.56. The molecule has 1 heterocycles. The molecule has 0 fully saturated rings. The van der Waals surface area contributed by atoms with Crippen LogP contribution >= 0.6 is 0 Å². The van der Waals surface area contributed by atoms with Crippen LogP contribution in [0.5, 0.6) is 0 Å². The Kier molecular flexibility index (Phi) is 4.55. The minimum Gasteiger partial charge on any atom is -0.420 e. The summed E-state index contributed by atoms with van der Waals surface area (Å²) in [6.45, 7) is 1.71. The third-order valence-corrected chi connectivity index (χ3v) is 3.10.